The summed E-state index contributed by atoms with van der Waals surface area (Å²) in [5.74, 6) is -0.485. The number of rotatable bonds is 7. The zero-order valence-electron chi connectivity index (χ0n) is 19.1. The molecule has 0 saturated carbocycles. The average molecular weight is 459 g/mol. The number of aromatic nitrogens is 1. The second-order valence-corrected chi connectivity index (χ2v) is 8.69. The number of likely N-dealkylation sites (N-methyl/N-ethyl adjacent to an activating group) is 1. The van der Waals surface area contributed by atoms with E-state index in [0.29, 0.717) is 28.4 Å². The van der Waals surface area contributed by atoms with Gasteiger partial charge in [0.2, 0.25) is 0 Å². The summed E-state index contributed by atoms with van der Waals surface area (Å²) in [5.41, 5.74) is 4.39. The van der Waals surface area contributed by atoms with E-state index in [1.54, 1.807) is 24.3 Å². The van der Waals surface area contributed by atoms with Crippen LogP contribution in [-0.2, 0) is 0 Å². The largest absolute Gasteiger partial charge is 0.423 e. The fourth-order valence-corrected chi connectivity index (χ4v) is 4.21. The van der Waals surface area contributed by atoms with E-state index in [4.69, 9.17) is 4.42 Å². The van der Waals surface area contributed by atoms with E-state index in [2.05, 4.69) is 15.2 Å². The number of halogens is 1. The lowest BCUT2D eigenvalue weighted by Gasteiger charge is -2.19. The predicted octanol–water partition coefficient (Wildman–Crippen LogP) is 5.42. The molecule has 1 aliphatic heterocycles. The van der Waals surface area contributed by atoms with Crippen LogP contribution in [0.2, 0.25) is 0 Å². The van der Waals surface area contributed by atoms with Crippen LogP contribution in [0.3, 0.4) is 0 Å². The zero-order chi connectivity index (χ0) is 23.5. The van der Waals surface area contributed by atoms with Crippen molar-refractivity contribution in [3.63, 3.8) is 0 Å². The number of nitrogens with zero attached hydrogens (tertiary/aromatic N) is 3. The number of nitrogens with one attached hydrogen (secondary N) is 1. The predicted molar refractivity (Wildman–Crippen MR) is 133 cm³/mol. The van der Waals surface area contributed by atoms with Gasteiger partial charge in [-0.05, 0) is 79.5 Å². The summed E-state index contributed by atoms with van der Waals surface area (Å²) in [5, 5.41) is 2.93. The van der Waals surface area contributed by atoms with Crippen molar-refractivity contribution in [2.24, 2.45) is 0 Å². The van der Waals surface area contributed by atoms with Gasteiger partial charge in [-0.25, -0.2) is 4.39 Å². The molecule has 0 bridgehead atoms. The molecule has 0 unspecified atom stereocenters. The van der Waals surface area contributed by atoms with Gasteiger partial charge in [0.05, 0.1) is 0 Å². The Bertz CT molecular complexity index is 1280. The molecule has 0 spiro atoms. The zero-order valence-corrected chi connectivity index (χ0v) is 19.1. The normalized spacial score (nSPS) is 13.9. The highest BCUT2D eigenvalue weighted by Gasteiger charge is 2.15. The number of fused-ring (bicyclic) bond motifs is 1. The molecule has 1 amide bonds. The Morgan fingerprint density at radius 1 is 1.03 bits per heavy atom. The van der Waals surface area contributed by atoms with Crippen molar-refractivity contribution in [3.05, 3.63) is 78.1 Å². The van der Waals surface area contributed by atoms with Gasteiger partial charge in [-0.2, -0.15) is 4.98 Å². The van der Waals surface area contributed by atoms with E-state index in [-0.39, 0.29) is 11.7 Å². The highest BCUT2D eigenvalue weighted by atomic mass is 19.1. The number of hydrogen-bond donors (Lipinski definition) is 1. The van der Waals surface area contributed by atoms with Crippen molar-refractivity contribution in [3.8, 4) is 11.1 Å². The summed E-state index contributed by atoms with van der Waals surface area (Å²) in [6.07, 6.45) is 2.55. The highest BCUT2D eigenvalue weighted by Crippen LogP contribution is 2.25. The monoisotopic (exact) mass is 458 g/mol. The van der Waals surface area contributed by atoms with Crippen LogP contribution >= 0.6 is 0 Å². The summed E-state index contributed by atoms with van der Waals surface area (Å²) in [6, 6.07) is 19.5. The quantitative estimate of drug-likeness (QED) is 0.401. The summed E-state index contributed by atoms with van der Waals surface area (Å²) < 4.78 is 19.1. The van der Waals surface area contributed by atoms with Gasteiger partial charge in [-0.1, -0.05) is 24.3 Å². The third-order valence-corrected chi connectivity index (χ3v) is 6.24. The molecule has 174 valence electrons. The van der Waals surface area contributed by atoms with E-state index >= 15 is 0 Å². The van der Waals surface area contributed by atoms with Gasteiger partial charge in [0.25, 0.3) is 11.9 Å². The summed E-state index contributed by atoms with van der Waals surface area (Å²) in [4.78, 5) is 21.8. The SMILES string of the molecule is CN(CCN1CCCC1)c1nc2cc(NC(=O)c3ccc(-c4ccc(F)cc4)cc3)ccc2o1. The Morgan fingerprint density at radius 2 is 1.71 bits per heavy atom. The molecular weight excluding hydrogens is 431 g/mol. The molecule has 0 atom stereocenters. The first kappa shape index (κ1) is 22.1. The van der Waals surface area contributed by atoms with Gasteiger partial charge in [-0.15, -0.1) is 0 Å². The topological polar surface area (TPSA) is 61.6 Å². The molecule has 34 heavy (non-hydrogen) atoms. The third-order valence-electron chi connectivity index (χ3n) is 6.24. The Morgan fingerprint density at radius 3 is 2.41 bits per heavy atom. The minimum absolute atomic E-state index is 0.212. The first-order chi connectivity index (χ1) is 16.5. The van der Waals surface area contributed by atoms with Gasteiger partial charge in [0, 0.05) is 31.4 Å². The van der Waals surface area contributed by atoms with Crippen LogP contribution in [0.1, 0.15) is 23.2 Å². The standard InChI is InChI=1S/C27H27FN4O2/c1-31(16-17-32-14-2-3-15-32)27-30-24-18-23(12-13-25(24)34-27)29-26(33)21-6-4-19(5-7-21)20-8-10-22(28)11-9-20/h4-13,18H,2-3,14-17H2,1H3,(H,29,33). The molecule has 0 aliphatic carbocycles. The fraction of sp³-hybridized carbons (Fsp3) is 0.259. The number of carbonyl (C=O) groups is 1. The maximum Gasteiger partial charge on any atom is 0.298 e. The second kappa shape index (κ2) is 9.65. The first-order valence-corrected chi connectivity index (χ1v) is 11.6. The molecular formula is C27H27FN4O2. The van der Waals surface area contributed by atoms with Crippen molar-refractivity contribution >= 4 is 28.7 Å². The van der Waals surface area contributed by atoms with Crippen molar-refractivity contribution in [1.82, 2.24) is 9.88 Å². The number of hydrogen-bond acceptors (Lipinski definition) is 5. The Hall–Kier alpha value is -3.71. The summed E-state index contributed by atoms with van der Waals surface area (Å²) in [6.45, 7) is 4.18. The van der Waals surface area contributed by atoms with E-state index in [1.165, 1.54) is 38.1 Å². The van der Waals surface area contributed by atoms with Crippen LogP contribution < -0.4 is 10.2 Å². The number of carbonyl (C=O) groups excluding carboxylic acids is 1. The van der Waals surface area contributed by atoms with Crippen LogP contribution in [0.5, 0.6) is 0 Å². The Kier molecular flexibility index (Phi) is 6.27. The van der Waals surface area contributed by atoms with Crippen molar-refractivity contribution in [2.45, 2.75) is 12.8 Å². The number of amides is 1. The van der Waals surface area contributed by atoms with Crippen molar-refractivity contribution in [2.75, 3.05) is 43.4 Å². The lowest BCUT2D eigenvalue weighted by atomic mass is 10.0. The molecule has 1 N–H and O–H groups in total. The van der Waals surface area contributed by atoms with Gasteiger partial charge in [0.15, 0.2) is 5.58 Å². The van der Waals surface area contributed by atoms with E-state index < -0.39 is 0 Å². The summed E-state index contributed by atoms with van der Waals surface area (Å²) >= 11 is 0. The van der Waals surface area contributed by atoms with Crippen LogP contribution in [0.25, 0.3) is 22.2 Å². The van der Waals surface area contributed by atoms with Crippen LogP contribution in [0.4, 0.5) is 16.1 Å². The van der Waals surface area contributed by atoms with Gasteiger partial charge in [0.1, 0.15) is 11.3 Å². The molecule has 3 aromatic carbocycles. The van der Waals surface area contributed by atoms with E-state index in [0.717, 1.165) is 24.2 Å². The molecule has 1 aromatic heterocycles. The smallest absolute Gasteiger partial charge is 0.298 e. The molecule has 0 radical (unpaired) electrons. The lowest BCUT2D eigenvalue weighted by molar-refractivity contribution is 0.102. The molecule has 6 nitrogen and oxygen atoms in total. The number of likely N-dealkylation sites (tertiary alicyclic amines) is 1. The third kappa shape index (κ3) is 4.94. The highest BCUT2D eigenvalue weighted by molar-refractivity contribution is 6.05. The molecule has 1 fully saturated rings. The van der Waals surface area contributed by atoms with Crippen molar-refractivity contribution < 1.29 is 13.6 Å². The average Bonchev–Trinajstić information content (AvgIpc) is 3.53. The molecule has 5 rings (SSSR count). The molecule has 1 saturated heterocycles. The van der Waals surface area contributed by atoms with Crippen molar-refractivity contribution in [1.29, 1.82) is 0 Å². The minimum Gasteiger partial charge on any atom is -0.423 e. The molecule has 2 heterocycles. The molecule has 1 aliphatic rings. The van der Waals surface area contributed by atoms with Gasteiger partial charge >= 0.3 is 0 Å². The fourth-order valence-electron chi connectivity index (χ4n) is 4.21. The Balaban J connectivity index is 1.24. The molecule has 4 aromatic rings. The number of oxazole rings is 1. The minimum atomic E-state index is -0.273. The maximum atomic E-state index is 13.1. The molecule has 7 heteroatoms. The second-order valence-electron chi connectivity index (χ2n) is 8.69. The first-order valence-electron chi connectivity index (χ1n) is 11.6. The van der Waals surface area contributed by atoms with Gasteiger partial charge < -0.3 is 19.5 Å². The van der Waals surface area contributed by atoms with Crippen LogP contribution in [-0.4, -0.2) is 49.0 Å². The number of anilines is 2. The van der Waals surface area contributed by atoms with E-state index in [9.17, 15) is 9.18 Å². The Labute approximate surface area is 198 Å². The van der Waals surface area contributed by atoms with Crippen LogP contribution in [0, 0.1) is 5.82 Å². The number of benzene rings is 3. The maximum absolute atomic E-state index is 13.1. The van der Waals surface area contributed by atoms with Crippen LogP contribution in [0.15, 0.2) is 71.1 Å². The lowest BCUT2D eigenvalue weighted by Crippen LogP contribution is -2.31. The van der Waals surface area contributed by atoms with Gasteiger partial charge in [-0.3, -0.25) is 4.79 Å². The van der Waals surface area contributed by atoms with E-state index in [1.807, 2.05) is 42.3 Å². The summed E-state index contributed by atoms with van der Waals surface area (Å²) in [7, 11) is 1.99.